The van der Waals surface area contributed by atoms with E-state index in [4.69, 9.17) is 9.15 Å². The minimum atomic E-state index is -0.138. The number of hydrogen-bond donors (Lipinski definition) is 0. The molecule has 1 aliphatic carbocycles. The van der Waals surface area contributed by atoms with Crippen LogP contribution in [-0.2, 0) is 13.0 Å². The highest BCUT2D eigenvalue weighted by molar-refractivity contribution is 5.32. The van der Waals surface area contributed by atoms with Crippen LogP contribution in [0.4, 0.5) is 0 Å². The normalized spacial score (nSPS) is 17.3. The first-order valence-electron chi connectivity index (χ1n) is 7.63. The molecule has 2 aromatic rings. The fourth-order valence-electron chi connectivity index (χ4n) is 3.21. The van der Waals surface area contributed by atoms with Crippen LogP contribution in [0.15, 0.2) is 45.8 Å². The molecule has 1 heterocycles. The first-order valence-corrected chi connectivity index (χ1v) is 7.63. The molecule has 116 valence electrons. The summed E-state index contributed by atoms with van der Waals surface area (Å²) in [6.45, 7) is 0.609. The van der Waals surface area contributed by atoms with Gasteiger partial charge in [0.15, 0.2) is 0 Å². The fourth-order valence-corrected chi connectivity index (χ4v) is 3.21. The van der Waals surface area contributed by atoms with Crippen LogP contribution in [0.3, 0.4) is 0 Å². The maximum absolute atomic E-state index is 11.8. The third-order valence-corrected chi connectivity index (χ3v) is 4.35. The van der Waals surface area contributed by atoms with Crippen molar-refractivity contribution in [1.29, 1.82) is 0 Å². The first-order chi connectivity index (χ1) is 10.7. The Morgan fingerprint density at radius 2 is 2.18 bits per heavy atom. The van der Waals surface area contributed by atoms with E-state index in [0.717, 1.165) is 12.8 Å². The SMILES string of the molecule is COc1coc(CN(C)[C@H]2CCCc3ccccc32)cc1=O. The Kier molecular flexibility index (Phi) is 4.29. The van der Waals surface area contributed by atoms with Gasteiger partial charge in [0.2, 0.25) is 11.2 Å². The maximum atomic E-state index is 11.8. The molecule has 0 saturated heterocycles. The number of rotatable bonds is 4. The third-order valence-electron chi connectivity index (χ3n) is 4.35. The molecule has 0 fully saturated rings. The monoisotopic (exact) mass is 299 g/mol. The Labute approximate surface area is 130 Å². The Morgan fingerprint density at radius 1 is 1.36 bits per heavy atom. The molecule has 3 rings (SSSR count). The number of nitrogens with zero attached hydrogens (tertiary/aromatic N) is 1. The van der Waals surface area contributed by atoms with Gasteiger partial charge < -0.3 is 9.15 Å². The van der Waals surface area contributed by atoms with Crippen LogP contribution in [-0.4, -0.2) is 19.1 Å². The second-order valence-electron chi connectivity index (χ2n) is 5.80. The van der Waals surface area contributed by atoms with E-state index in [1.165, 1.54) is 37.0 Å². The maximum Gasteiger partial charge on any atom is 0.227 e. The summed E-state index contributed by atoms with van der Waals surface area (Å²) in [6.07, 6.45) is 4.87. The Bertz CT molecular complexity index is 707. The van der Waals surface area contributed by atoms with E-state index in [0.29, 0.717) is 18.3 Å². The standard InChI is InChI=1S/C18H21NO3/c1-19(11-14-10-17(20)18(21-2)12-22-14)16-9-5-7-13-6-3-4-8-15(13)16/h3-4,6,8,10,12,16H,5,7,9,11H2,1-2H3/t16-/m0/s1. The van der Waals surface area contributed by atoms with Gasteiger partial charge in [0.1, 0.15) is 12.0 Å². The van der Waals surface area contributed by atoms with E-state index in [-0.39, 0.29) is 11.2 Å². The zero-order valence-electron chi connectivity index (χ0n) is 13.0. The summed E-state index contributed by atoms with van der Waals surface area (Å²) in [5, 5.41) is 0. The largest absolute Gasteiger partial charge is 0.490 e. The van der Waals surface area contributed by atoms with Crippen LogP contribution >= 0.6 is 0 Å². The molecule has 4 heteroatoms. The second kappa shape index (κ2) is 6.36. The van der Waals surface area contributed by atoms with Crippen molar-refractivity contribution in [2.24, 2.45) is 0 Å². The van der Waals surface area contributed by atoms with Crippen LogP contribution in [0.1, 0.15) is 35.8 Å². The van der Waals surface area contributed by atoms with Crippen molar-refractivity contribution in [2.45, 2.75) is 31.8 Å². The summed E-state index contributed by atoms with van der Waals surface area (Å²) in [4.78, 5) is 14.1. The van der Waals surface area contributed by atoms with Crippen molar-refractivity contribution in [1.82, 2.24) is 4.90 Å². The van der Waals surface area contributed by atoms with Crippen LogP contribution in [0.5, 0.6) is 5.75 Å². The van der Waals surface area contributed by atoms with Gasteiger partial charge in [-0.25, -0.2) is 0 Å². The first kappa shape index (κ1) is 14.9. The fraction of sp³-hybridized carbons (Fsp3) is 0.389. The third kappa shape index (κ3) is 2.92. The van der Waals surface area contributed by atoms with Crippen LogP contribution in [0.2, 0.25) is 0 Å². The smallest absolute Gasteiger partial charge is 0.227 e. The summed E-state index contributed by atoms with van der Waals surface area (Å²) < 4.78 is 10.5. The van der Waals surface area contributed by atoms with Crippen molar-refractivity contribution in [3.8, 4) is 5.75 Å². The van der Waals surface area contributed by atoms with Gasteiger partial charge in [-0.1, -0.05) is 24.3 Å². The average Bonchev–Trinajstić information content (AvgIpc) is 2.54. The predicted octanol–water partition coefficient (Wildman–Crippen LogP) is 3.16. The molecule has 4 nitrogen and oxygen atoms in total. The Morgan fingerprint density at radius 3 is 2.95 bits per heavy atom. The molecule has 0 N–H and O–H groups in total. The lowest BCUT2D eigenvalue weighted by Crippen LogP contribution is -2.27. The van der Waals surface area contributed by atoms with E-state index < -0.39 is 0 Å². The lowest BCUT2D eigenvalue weighted by Gasteiger charge is -2.32. The number of aryl methyl sites for hydroxylation is 1. The quantitative estimate of drug-likeness (QED) is 0.870. The number of benzene rings is 1. The molecular formula is C18H21NO3. The van der Waals surface area contributed by atoms with Gasteiger partial charge >= 0.3 is 0 Å². The summed E-state index contributed by atoms with van der Waals surface area (Å²) >= 11 is 0. The minimum Gasteiger partial charge on any atom is -0.490 e. The summed E-state index contributed by atoms with van der Waals surface area (Å²) in [7, 11) is 3.55. The summed E-state index contributed by atoms with van der Waals surface area (Å²) in [5.74, 6) is 0.908. The van der Waals surface area contributed by atoms with E-state index >= 15 is 0 Å². The Hall–Kier alpha value is -2.07. The predicted molar refractivity (Wildman–Crippen MR) is 85.1 cm³/mol. The zero-order chi connectivity index (χ0) is 15.5. The van der Waals surface area contributed by atoms with E-state index in [1.807, 2.05) is 0 Å². The van der Waals surface area contributed by atoms with Crippen molar-refractivity contribution in [2.75, 3.05) is 14.2 Å². The molecule has 0 saturated carbocycles. The molecule has 0 aliphatic heterocycles. The molecule has 0 unspecified atom stereocenters. The Balaban J connectivity index is 1.79. The van der Waals surface area contributed by atoms with Gasteiger partial charge in [-0.2, -0.15) is 0 Å². The second-order valence-corrected chi connectivity index (χ2v) is 5.80. The van der Waals surface area contributed by atoms with Gasteiger partial charge in [0.25, 0.3) is 0 Å². The molecule has 1 aromatic carbocycles. The molecule has 1 aliphatic rings. The number of methoxy groups -OCH3 is 1. The highest BCUT2D eigenvalue weighted by Crippen LogP contribution is 2.34. The molecule has 22 heavy (non-hydrogen) atoms. The molecule has 0 amide bonds. The van der Waals surface area contributed by atoms with Crippen LogP contribution < -0.4 is 10.2 Å². The van der Waals surface area contributed by atoms with Gasteiger partial charge in [-0.05, 0) is 37.4 Å². The molecular weight excluding hydrogens is 278 g/mol. The van der Waals surface area contributed by atoms with Gasteiger partial charge in [0, 0.05) is 12.1 Å². The molecule has 1 atom stereocenters. The molecule has 1 aromatic heterocycles. The van der Waals surface area contributed by atoms with E-state index in [1.54, 1.807) is 0 Å². The number of hydrogen-bond acceptors (Lipinski definition) is 4. The zero-order valence-corrected chi connectivity index (χ0v) is 13.0. The molecule has 0 bridgehead atoms. The highest BCUT2D eigenvalue weighted by atomic mass is 16.5. The van der Waals surface area contributed by atoms with E-state index in [9.17, 15) is 4.79 Å². The minimum absolute atomic E-state index is 0.138. The van der Waals surface area contributed by atoms with Crippen LogP contribution in [0.25, 0.3) is 0 Å². The van der Waals surface area contributed by atoms with Gasteiger partial charge in [-0.15, -0.1) is 0 Å². The summed E-state index contributed by atoms with van der Waals surface area (Å²) in [6, 6.07) is 10.5. The lowest BCUT2D eigenvalue weighted by atomic mass is 9.87. The molecule has 0 radical (unpaired) electrons. The van der Waals surface area contributed by atoms with Crippen molar-refractivity contribution in [3.63, 3.8) is 0 Å². The van der Waals surface area contributed by atoms with Crippen molar-refractivity contribution < 1.29 is 9.15 Å². The van der Waals surface area contributed by atoms with Gasteiger partial charge in [0.05, 0.1) is 13.7 Å². The average molecular weight is 299 g/mol. The van der Waals surface area contributed by atoms with Crippen molar-refractivity contribution >= 4 is 0 Å². The number of fused-ring (bicyclic) bond motifs is 1. The lowest BCUT2D eigenvalue weighted by molar-refractivity contribution is 0.195. The summed E-state index contributed by atoms with van der Waals surface area (Å²) in [5.41, 5.74) is 2.69. The molecule has 0 spiro atoms. The number of ether oxygens (including phenoxy) is 1. The van der Waals surface area contributed by atoms with Gasteiger partial charge in [-0.3, -0.25) is 9.69 Å². The topological polar surface area (TPSA) is 42.7 Å². The van der Waals surface area contributed by atoms with E-state index in [2.05, 4.69) is 36.2 Å². The highest BCUT2D eigenvalue weighted by Gasteiger charge is 2.23. The van der Waals surface area contributed by atoms with Crippen LogP contribution in [0, 0.1) is 0 Å². The van der Waals surface area contributed by atoms with Crippen molar-refractivity contribution in [3.05, 3.63) is 63.7 Å².